The van der Waals surface area contributed by atoms with E-state index in [-0.39, 0.29) is 5.56 Å². The molecule has 1 atom stereocenters. The summed E-state index contributed by atoms with van der Waals surface area (Å²) in [7, 11) is 0. The van der Waals surface area contributed by atoms with Crippen molar-refractivity contribution in [2.45, 2.75) is 52.5 Å². The molecule has 1 saturated heterocycles. The van der Waals surface area contributed by atoms with Crippen LogP contribution in [0.15, 0.2) is 41.3 Å². The van der Waals surface area contributed by atoms with Gasteiger partial charge in [-0.15, -0.1) is 0 Å². The summed E-state index contributed by atoms with van der Waals surface area (Å²) in [6, 6.07) is 9.40. The number of halogens is 1. The predicted molar refractivity (Wildman–Crippen MR) is 120 cm³/mol. The van der Waals surface area contributed by atoms with Crippen LogP contribution in [0.25, 0.3) is 17.0 Å². The van der Waals surface area contributed by atoms with Crippen molar-refractivity contribution >= 4 is 23.2 Å². The number of benzene rings is 1. The molecule has 0 saturated carbocycles. The molecule has 1 aromatic carbocycles. The minimum Gasteiger partial charge on any atom is -0.358 e. The second-order valence-corrected chi connectivity index (χ2v) is 8.63. The number of hydrogen-bond acceptors (Lipinski definition) is 3. The van der Waals surface area contributed by atoms with Crippen molar-refractivity contribution in [3.05, 3.63) is 51.9 Å². The highest BCUT2D eigenvalue weighted by atomic mass is 35.5. The molecule has 1 fully saturated rings. The maximum absolute atomic E-state index is 13.0. The highest BCUT2D eigenvalue weighted by Crippen LogP contribution is 2.26. The van der Waals surface area contributed by atoms with E-state index in [4.69, 9.17) is 16.6 Å². The van der Waals surface area contributed by atoms with Gasteiger partial charge in [0.15, 0.2) is 0 Å². The molecular formula is C23H29ClN4O. The van der Waals surface area contributed by atoms with Gasteiger partial charge in [0.2, 0.25) is 5.78 Å². The zero-order valence-corrected chi connectivity index (χ0v) is 18.0. The molecule has 2 aromatic heterocycles. The molecule has 0 aliphatic carbocycles. The van der Waals surface area contributed by atoms with E-state index >= 15 is 0 Å². The van der Waals surface area contributed by atoms with Crippen LogP contribution in [-0.2, 0) is 6.54 Å². The Hall–Kier alpha value is -2.27. The minimum absolute atomic E-state index is 0.0207. The third kappa shape index (κ3) is 4.20. The van der Waals surface area contributed by atoms with E-state index < -0.39 is 0 Å². The van der Waals surface area contributed by atoms with Crippen molar-refractivity contribution in [2.75, 3.05) is 18.0 Å². The van der Waals surface area contributed by atoms with E-state index in [2.05, 4.69) is 23.3 Å². The lowest BCUT2D eigenvalue weighted by atomic mass is 10.0. The molecular weight excluding hydrogens is 384 g/mol. The monoisotopic (exact) mass is 412 g/mol. The standard InChI is InChI=1S/C23H29ClN4O/c1-3-4-5-13-27-21(26-12-6-7-17(2)15-26)14-22(29)28-16-20(25-23(27)28)18-8-10-19(24)11-9-18/h8-11,14,16-17H,3-7,12-13,15H2,1-2H3/t17-/m1/s1. The van der Waals surface area contributed by atoms with E-state index in [1.54, 1.807) is 10.5 Å². The third-order valence-corrected chi connectivity index (χ3v) is 6.05. The lowest BCUT2D eigenvalue weighted by molar-refractivity contribution is 0.438. The van der Waals surface area contributed by atoms with E-state index in [0.29, 0.717) is 10.9 Å². The number of hydrogen-bond donors (Lipinski definition) is 0. The molecule has 0 bridgehead atoms. The van der Waals surface area contributed by atoms with Gasteiger partial charge in [-0.1, -0.05) is 50.4 Å². The van der Waals surface area contributed by atoms with Crippen molar-refractivity contribution in [3.8, 4) is 11.3 Å². The number of nitrogens with zero attached hydrogens (tertiary/aromatic N) is 4. The number of aryl methyl sites for hydroxylation is 1. The second kappa shape index (κ2) is 8.62. The molecule has 29 heavy (non-hydrogen) atoms. The molecule has 0 amide bonds. The molecule has 1 aliphatic heterocycles. The average molecular weight is 413 g/mol. The van der Waals surface area contributed by atoms with E-state index in [0.717, 1.165) is 55.3 Å². The fraction of sp³-hybridized carbons (Fsp3) is 0.478. The Bertz CT molecular complexity index is 1040. The highest BCUT2D eigenvalue weighted by Gasteiger charge is 2.22. The van der Waals surface area contributed by atoms with E-state index in [9.17, 15) is 4.79 Å². The molecule has 3 heterocycles. The highest BCUT2D eigenvalue weighted by molar-refractivity contribution is 6.30. The molecule has 0 N–H and O–H groups in total. The Morgan fingerprint density at radius 1 is 1.21 bits per heavy atom. The Labute approximate surface area is 176 Å². The summed E-state index contributed by atoms with van der Waals surface area (Å²) in [5.41, 5.74) is 1.74. The Balaban J connectivity index is 1.82. The minimum atomic E-state index is -0.0207. The average Bonchev–Trinajstić information content (AvgIpc) is 3.16. The van der Waals surface area contributed by atoms with Crippen LogP contribution < -0.4 is 10.5 Å². The predicted octanol–water partition coefficient (Wildman–Crippen LogP) is 5.24. The summed E-state index contributed by atoms with van der Waals surface area (Å²) in [5, 5.41) is 0.693. The normalized spacial score (nSPS) is 17.2. The summed E-state index contributed by atoms with van der Waals surface area (Å²) < 4.78 is 3.93. The van der Waals surface area contributed by atoms with Gasteiger partial charge >= 0.3 is 0 Å². The van der Waals surface area contributed by atoms with Gasteiger partial charge in [0.05, 0.1) is 5.69 Å². The maximum Gasteiger partial charge on any atom is 0.261 e. The zero-order chi connectivity index (χ0) is 20.4. The van der Waals surface area contributed by atoms with Crippen LogP contribution in [0.2, 0.25) is 5.02 Å². The number of unbranched alkanes of at least 4 members (excludes halogenated alkanes) is 2. The van der Waals surface area contributed by atoms with Crippen LogP contribution >= 0.6 is 11.6 Å². The zero-order valence-electron chi connectivity index (χ0n) is 17.3. The number of aromatic nitrogens is 3. The van der Waals surface area contributed by atoms with E-state index in [1.165, 1.54) is 19.3 Å². The van der Waals surface area contributed by atoms with Crippen LogP contribution in [-0.4, -0.2) is 27.0 Å². The van der Waals surface area contributed by atoms with Gasteiger partial charge in [-0.3, -0.25) is 13.8 Å². The van der Waals surface area contributed by atoms with E-state index in [1.807, 2.05) is 30.5 Å². The molecule has 3 aromatic rings. The van der Waals surface area contributed by atoms with Crippen LogP contribution in [0.4, 0.5) is 5.82 Å². The third-order valence-electron chi connectivity index (χ3n) is 5.80. The van der Waals surface area contributed by atoms with Crippen LogP contribution in [0, 0.1) is 5.92 Å². The van der Waals surface area contributed by atoms with Crippen molar-refractivity contribution in [3.63, 3.8) is 0 Å². The summed E-state index contributed by atoms with van der Waals surface area (Å²) in [4.78, 5) is 20.2. The Kier molecular flexibility index (Phi) is 5.95. The molecule has 6 heteroatoms. The first-order valence-electron chi connectivity index (χ1n) is 10.7. The van der Waals surface area contributed by atoms with Crippen molar-refractivity contribution in [2.24, 2.45) is 5.92 Å². The second-order valence-electron chi connectivity index (χ2n) is 8.20. The molecule has 5 nitrogen and oxygen atoms in total. The van der Waals surface area contributed by atoms with Crippen molar-refractivity contribution in [1.29, 1.82) is 0 Å². The van der Waals surface area contributed by atoms with Crippen LogP contribution in [0.1, 0.15) is 46.0 Å². The Morgan fingerprint density at radius 3 is 2.72 bits per heavy atom. The number of fused-ring (bicyclic) bond motifs is 1. The number of anilines is 1. The number of imidazole rings is 1. The molecule has 4 rings (SSSR count). The Morgan fingerprint density at radius 2 is 2.00 bits per heavy atom. The molecule has 0 unspecified atom stereocenters. The molecule has 154 valence electrons. The largest absolute Gasteiger partial charge is 0.358 e. The quantitative estimate of drug-likeness (QED) is 0.520. The number of piperidine rings is 1. The van der Waals surface area contributed by atoms with Gasteiger partial charge < -0.3 is 4.90 Å². The van der Waals surface area contributed by atoms with Gasteiger partial charge in [-0.05, 0) is 37.3 Å². The summed E-state index contributed by atoms with van der Waals surface area (Å²) in [5.74, 6) is 2.38. The van der Waals surface area contributed by atoms with Crippen LogP contribution in [0.5, 0.6) is 0 Å². The van der Waals surface area contributed by atoms with Gasteiger partial charge in [-0.2, -0.15) is 0 Å². The maximum atomic E-state index is 13.0. The summed E-state index contributed by atoms with van der Waals surface area (Å²) in [6.07, 6.45) is 7.67. The fourth-order valence-corrected chi connectivity index (χ4v) is 4.36. The first-order valence-corrected chi connectivity index (χ1v) is 11.1. The summed E-state index contributed by atoms with van der Waals surface area (Å²) >= 11 is 6.03. The fourth-order valence-electron chi connectivity index (χ4n) is 4.24. The van der Waals surface area contributed by atoms with Gasteiger partial charge in [0.25, 0.3) is 5.56 Å². The lowest BCUT2D eigenvalue weighted by Gasteiger charge is -2.34. The van der Waals surface area contributed by atoms with Gasteiger partial charge in [-0.25, -0.2) is 4.98 Å². The molecule has 0 radical (unpaired) electrons. The van der Waals surface area contributed by atoms with Crippen molar-refractivity contribution < 1.29 is 0 Å². The topological polar surface area (TPSA) is 42.5 Å². The smallest absolute Gasteiger partial charge is 0.261 e. The molecule has 1 aliphatic rings. The van der Waals surface area contributed by atoms with Crippen LogP contribution in [0.3, 0.4) is 0 Å². The SMILES string of the molecule is CCCCCn1c(N2CCC[C@@H](C)C2)cc(=O)n2cc(-c3ccc(Cl)cc3)nc12. The van der Waals surface area contributed by atoms with Gasteiger partial charge in [0.1, 0.15) is 5.82 Å². The first kappa shape index (κ1) is 20.0. The first-order chi connectivity index (χ1) is 14.1. The molecule has 0 spiro atoms. The lowest BCUT2D eigenvalue weighted by Crippen LogP contribution is -2.37. The summed E-state index contributed by atoms with van der Waals surface area (Å²) in [6.45, 7) is 7.36. The number of rotatable bonds is 6. The van der Waals surface area contributed by atoms with Crippen molar-refractivity contribution in [1.82, 2.24) is 14.0 Å². The van der Waals surface area contributed by atoms with Gasteiger partial charge in [0, 0.05) is 42.5 Å².